The van der Waals surface area contributed by atoms with Crippen LogP contribution >= 0.6 is 23.2 Å². The van der Waals surface area contributed by atoms with Crippen LogP contribution in [-0.2, 0) is 0 Å². The van der Waals surface area contributed by atoms with Crippen molar-refractivity contribution >= 4 is 34.9 Å². The zero-order valence-corrected chi connectivity index (χ0v) is 11.4. The van der Waals surface area contributed by atoms with E-state index in [1.165, 1.54) is 24.3 Å². The van der Waals surface area contributed by atoms with E-state index in [0.717, 1.165) is 6.07 Å². The molecule has 0 aliphatic carbocycles. The first-order valence-corrected chi connectivity index (χ1v) is 6.14. The molecule has 2 rings (SSSR count). The number of halogens is 2. The Hall–Kier alpha value is -2.11. The van der Waals surface area contributed by atoms with Crippen LogP contribution in [0.2, 0.25) is 10.0 Å². The Kier molecular flexibility index (Phi) is 4.22. The van der Waals surface area contributed by atoms with Crippen LogP contribution in [0, 0.1) is 10.1 Å². The van der Waals surface area contributed by atoms with Gasteiger partial charge < -0.3 is 4.74 Å². The van der Waals surface area contributed by atoms with Crippen molar-refractivity contribution in [2.24, 2.45) is 0 Å². The largest absolute Gasteiger partial charge is 0.423 e. The molecule has 0 aliphatic rings. The van der Waals surface area contributed by atoms with Crippen LogP contribution in [0.4, 0.5) is 5.69 Å². The molecule has 0 atom stereocenters. The van der Waals surface area contributed by atoms with Gasteiger partial charge in [0, 0.05) is 11.1 Å². The summed E-state index contributed by atoms with van der Waals surface area (Å²) in [6, 6.07) is 9.87. The predicted octanol–water partition coefficient (Wildman–Crippen LogP) is 4.12. The number of ether oxygens (including phenoxy) is 1. The molecule has 0 bridgehead atoms. The molecule has 20 heavy (non-hydrogen) atoms. The summed E-state index contributed by atoms with van der Waals surface area (Å²) in [7, 11) is 0. The summed E-state index contributed by atoms with van der Waals surface area (Å²) in [4.78, 5) is 21.9. The van der Waals surface area contributed by atoms with Crippen LogP contribution in [0.1, 0.15) is 10.4 Å². The van der Waals surface area contributed by atoms with Gasteiger partial charge in [-0.05, 0) is 36.4 Å². The van der Waals surface area contributed by atoms with Gasteiger partial charge in [0.15, 0.2) is 0 Å². The van der Waals surface area contributed by atoms with Crippen LogP contribution in [0.3, 0.4) is 0 Å². The van der Waals surface area contributed by atoms with Gasteiger partial charge in [0.25, 0.3) is 5.69 Å². The normalized spacial score (nSPS) is 10.1. The Balaban J connectivity index is 2.23. The van der Waals surface area contributed by atoms with Gasteiger partial charge in [0.05, 0.1) is 10.5 Å². The van der Waals surface area contributed by atoms with Gasteiger partial charge in [-0.15, -0.1) is 0 Å². The van der Waals surface area contributed by atoms with Crippen molar-refractivity contribution < 1.29 is 14.5 Å². The molecule has 0 radical (unpaired) electrons. The second-order valence-corrected chi connectivity index (χ2v) is 4.61. The standard InChI is InChI=1S/C13H7Cl2NO4/c14-9-2-4-10(5-3-9)20-13(17)8-1-6-11(15)12(7-8)16(18)19/h1-7H. The molecule has 2 aromatic carbocycles. The minimum atomic E-state index is -0.716. The summed E-state index contributed by atoms with van der Waals surface area (Å²) in [6.45, 7) is 0. The molecule has 0 saturated carbocycles. The number of carbonyl (C=O) groups is 1. The fourth-order valence-corrected chi connectivity index (χ4v) is 1.76. The number of hydrogen-bond acceptors (Lipinski definition) is 4. The maximum atomic E-state index is 11.9. The Morgan fingerprint density at radius 1 is 1.10 bits per heavy atom. The summed E-state index contributed by atoms with van der Waals surface area (Å²) < 4.78 is 5.07. The van der Waals surface area contributed by atoms with E-state index < -0.39 is 10.9 Å². The van der Waals surface area contributed by atoms with E-state index in [2.05, 4.69) is 0 Å². The van der Waals surface area contributed by atoms with Crippen molar-refractivity contribution in [2.75, 3.05) is 0 Å². The van der Waals surface area contributed by atoms with Crippen molar-refractivity contribution in [2.45, 2.75) is 0 Å². The van der Waals surface area contributed by atoms with Crippen molar-refractivity contribution in [3.63, 3.8) is 0 Å². The van der Waals surface area contributed by atoms with Gasteiger partial charge in [0.2, 0.25) is 0 Å². The third-order valence-electron chi connectivity index (χ3n) is 2.40. The van der Waals surface area contributed by atoms with Crippen LogP contribution in [0.15, 0.2) is 42.5 Å². The highest BCUT2D eigenvalue weighted by Gasteiger charge is 2.17. The molecule has 0 unspecified atom stereocenters. The molecule has 0 aliphatic heterocycles. The molecular weight excluding hydrogens is 305 g/mol. The molecule has 0 saturated heterocycles. The summed E-state index contributed by atoms with van der Waals surface area (Å²) in [6.07, 6.45) is 0. The number of rotatable bonds is 3. The number of carbonyl (C=O) groups excluding carboxylic acids is 1. The average molecular weight is 312 g/mol. The van der Waals surface area contributed by atoms with E-state index in [1.807, 2.05) is 0 Å². The Bertz CT molecular complexity index is 671. The zero-order valence-electron chi connectivity index (χ0n) is 9.88. The molecule has 0 heterocycles. The van der Waals surface area contributed by atoms with E-state index in [1.54, 1.807) is 12.1 Å². The lowest BCUT2D eigenvalue weighted by Crippen LogP contribution is -2.08. The molecule has 102 valence electrons. The number of nitrogens with zero attached hydrogens (tertiary/aromatic N) is 1. The predicted molar refractivity (Wildman–Crippen MR) is 74.5 cm³/mol. The monoisotopic (exact) mass is 311 g/mol. The van der Waals surface area contributed by atoms with E-state index in [9.17, 15) is 14.9 Å². The zero-order chi connectivity index (χ0) is 14.7. The number of benzene rings is 2. The van der Waals surface area contributed by atoms with E-state index in [-0.39, 0.29) is 22.0 Å². The summed E-state index contributed by atoms with van der Waals surface area (Å²) in [5.41, 5.74) is -0.312. The molecule has 0 aromatic heterocycles. The molecule has 5 nitrogen and oxygen atoms in total. The Morgan fingerprint density at radius 3 is 2.35 bits per heavy atom. The van der Waals surface area contributed by atoms with Crippen LogP contribution in [0.25, 0.3) is 0 Å². The summed E-state index contributed by atoms with van der Waals surface area (Å²) in [5, 5.41) is 11.2. The molecule has 0 N–H and O–H groups in total. The van der Waals surface area contributed by atoms with Crippen LogP contribution < -0.4 is 4.74 Å². The lowest BCUT2D eigenvalue weighted by molar-refractivity contribution is -0.384. The van der Waals surface area contributed by atoms with Gasteiger partial charge in [-0.3, -0.25) is 10.1 Å². The molecule has 2 aromatic rings. The van der Waals surface area contributed by atoms with Gasteiger partial charge >= 0.3 is 5.97 Å². The SMILES string of the molecule is O=C(Oc1ccc(Cl)cc1)c1ccc(Cl)c([N+](=O)[O-])c1. The van der Waals surface area contributed by atoms with E-state index in [0.29, 0.717) is 5.02 Å². The third-order valence-corrected chi connectivity index (χ3v) is 2.97. The number of esters is 1. The lowest BCUT2D eigenvalue weighted by Gasteiger charge is -2.04. The Morgan fingerprint density at radius 2 is 1.75 bits per heavy atom. The van der Waals surface area contributed by atoms with Crippen molar-refractivity contribution in [3.05, 3.63) is 68.2 Å². The summed E-state index contributed by atoms with van der Waals surface area (Å²) in [5.74, 6) is -0.427. The van der Waals surface area contributed by atoms with E-state index >= 15 is 0 Å². The Labute approximate surface area is 123 Å². The second kappa shape index (κ2) is 5.90. The number of nitro groups is 1. The minimum Gasteiger partial charge on any atom is -0.423 e. The number of nitro benzene ring substituents is 1. The first-order valence-electron chi connectivity index (χ1n) is 5.39. The molecule has 0 amide bonds. The minimum absolute atomic E-state index is 0.0380. The molecule has 0 spiro atoms. The number of hydrogen-bond donors (Lipinski definition) is 0. The van der Waals surface area contributed by atoms with Gasteiger partial charge in [-0.25, -0.2) is 4.79 Å². The molecule has 7 heteroatoms. The van der Waals surface area contributed by atoms with Crippen molar-refractivity contribution in [3.8, 4) is 5.75 Å². The topological polar surface area (TPSA) is 69.4 Å². The lowest BCUT2D eigenvalue weighted by atomic mass is 10.2. The first kappa shape index (κ1) is 14.3. The van der Waals surface area contributed by atoms with Crippen molar-refractivity contribution in [1.29, 1.82) is 0 Å². The van der Waals surface area contributed by atoms with Crippen LogP contribution in [0.5, 0.6) is 5.75 Å². The fourth-order valence-electron chi connectivity index (χ4n) is 1.45. The van der Waals surface area contributed by atoms with E-state index in [4.69, 9.17) is 27.9 Å². The molecular formula is C13H7Cl2NO4. The van der Waals surface area contributed by atoms with Crippen LogP contribution in [-0.4, -0.2) is 10.9 Å². The average Bonchev–Trinajstić information content (AvgIpc) is 2.41. The molecule has 0 fully saturated rings. The van der Waals surface area contributed by atoms with Crippen molar-refractivity contribution in [1.82, 2.24) is 0 Å². The first-order chi connectivity index (χ1) is 9.47. The smallest absolute Gasteiger partial charge is 0.343 e. The maximum Gasteiger partial charge on any atom is 0.343 e. The van der Waals surface area contributed by atoms with Gasteiger partial charge in [0.1, 0.15) is 10.8 Å². The quantitative estimate of drug-likeness (QED) is 0.370. The highest BCUT2D eigenvalue weighted by molar-refractivity contribution is 6.32. The highest BCUT2D eigenvalue weighted by Crippen LogP contribution is 2.26. The van der Waals surface area contributed by atoms with Gasteiger partial charge in [-0.1, -0.05) is 23.2 Å². The second-order valence-electron chi connectivity index (χ2n) is 3.77. The van der Waals surface area contributed by atoms with Gasteiger partial charge in [-0.2, -0.15) is 0 Å². The fraction of sp³-hybridized carbons (Fsp3) is 0. The third kappa shape index (κ3) is 3.26. The highest BCUT2D eigenvalue weighted by atomic mass is 35.5. The maximum absolute atomic E-state index is 11.9. The summed E-state index contributed by atoms with van der Waals surface area (Å²) >= 11 is 11.4.